The Bertz CT molecular complexity index is 520. The van der Waals surface area contributed by atoms with Crippen molar-refractivity contribution in [2.24, 2.45) is 0 Å². The van der Waals surface area contributed by atoms with Crippen molar-refractivity contribution in [2.45, 2.75) is 36.3 Å². The van der Waals surface area contributed by atoms with Gasteiger partial charge in [0.1, 0.15) is 4.90 Å². The van der Waals surface area contributed by atoms with Crippen molar-refractivity contribution in [3.8, 4) is 0 Å². The minimum absolute atomic E-state index is 0.0604. The summed E-state index contributed by atoms with van der Waals surface area (Å²) in [5.41, 5.74) is 0.551. The van der Waals surface area contributed by atoms with Crippen LogP contribution in [0, 0.1) is 0 Å². The van der Waals surface area contributed by atoms with Crippen LogP contribution < -0.4 is 10.0 Å². The number of pyridine rings is 1. The minimum Gasteiger partial charge on any atom is -0.387 e. The maximum Gasteiger partial charge on any atom is 0.244 e. The first-order chi connectivity index (χ1) is 9.44. The molecule has 0 radical (unpaired) electrons. The molecular weight excluding hydrogens is 294 g/mol. The van der Waals surface area contributed by atoms with Crippen molar-refractivity contribution in [2.75, 3.05) is 25.2 Å². The van der Waals surface area contributed by atoms with Gasteiger partial charge in [-0.05, 0) is 25.2 Å². The average molecular weight is 317 g/mol. The summed E-state index contributed by atoms with van der Waals surface area (Å²) in [5.74, 6) is 0. The van der Waals surface area contributed by atoms with Crippen LogP contribution in [0.15, 0.2) is 23.4 Å². The summed E-state index contributed by atoms with van der Waals surface area (Å²) in [7, 11) is -1.86. The third kappa shape index (κ3) is 3.86. The highest BCUT2D eigenvalue weighted by molar-refractivity contribution is 8.00. The van der Waals surface area contributed by atoms with Gasteiger partial charge in [0, 0.05) is 30.7 Å². The lowest BCUT2D eigenvalue weighted by Crippen LogP contribution is -2.39. The van der Waals surface area contributed by atoms with Crippen LogP contribution in [0.25, 0.3) is 0 Å². The molecule has 0 saturated carbocycles. The smallest absolute Gasteiger partial charge is 0.244 e. The van der Waals surface area contributed by atoms with Gasteiger partial charge in [-0.3, -0.25) is 4.98 Å². The number of anilines is 1. The molecule has 1 rings (SSSR count). The summed E-state index contributed by atoms with van der Waals surface area (Å²) in [5, 5.41) is 2.88. The largest absolute Gasteiger partial charge is 0.387 e. The fraction of sp³-hybridized carbons (Fsp3) is 0.615. The third-order valence-corrected chi connectivity index (χ3v) is 6.67. The first-order valence-corrected chi connectivity index (χ1v) is 9.32. The predicted octanol–water partition coefficient (Wildman–Crippen LogP) is 2.32. The number of sulfonamides is 1. The number of nitrogens with zero attached hydrogens (tertiary/aromatic N) is 1. The molecule has 0 aliphatic carbocycles. The van der Waals surface area contributed by atoms with Gasteiger partial charge < -0.3 is 5.32 Å². The highest BCUT2D eigenvalue weighted by Gasteiger charge is 2.28. The molecule has 0 amide bonds. The van der Waals surface area contributed by atoms with Crippen molar-refractivity contribution < 1.29 is 8.42 Å². The van der Waals surface area contributed by atoms with Crippen LogP contribution in [0.4, 0.5) is 5.69 Å². The number of rotatable bonds is 8. The van der Waals surface area contributed by atoms with Crippen molar-refractivity contribution in [3.63, 3.8) is 0 Å². The maximum absolute atomic E-state index is 12.4. The van der Waals surface area contributed by atoms with Crippen LogP contribution in [0.2, 0.25) is 0 Å². The predicted molar refractivity (Wildman–Crippen MR) is 85.8 cm³/mol. The Morgan fingerprint density at radius 2 is 2.00 bits per heavy atom. The molecule has 0 aliphatic rings. The van der Waals surface area contributed by atoms with E-state index in [-0.39, 0.29) is 9.64 Å². The van der Waals surface area contributed by atoms with Crippen molar-refractivity contribution >= 4 is 27.5 Å². The SMILES string of the molecule is CCC(CC)(CNS(=O)(=O)c1cnccc1NC)SC. The molecule has 0 aliphatic heterocycles. The molecule has 0 saturated heterocycles. The van der Waals surface area contributed by atoms with Crippen molar-refractivity contribution in [3.05, 3.63) is 18.5 Å². The van der Waals surface area contributed by atoms with Crippen LogP contribution in [-0.4, -0.2) is 38.0 Å². The van der Waals surface area contributed by atoms with E-state index in [1.807, 2.05) is 6.26 Å². The standard InChI is InChI=1S/C13H23N3O2S2/c1-5-13(6-2,19-4)10-16-20(17,18)12-9-15-8-7-11(12)14-3/h7-9,16H,5-6,10H2,1-4H3,(H,14,15). The fourth-order valence-corrected chi connectivity index (χ4v) is 4.13. The Kier molecular flexibility index (Phi) is 6.29. The first-order valence-electron chi connectivity index (χ1n) is 6.61. The van der Waals surface area contributed by atoms with Gasteiger partial charge in [0.05, 0.1) is 5.69 Å². The molecule has 7 heteroatoms. The maximum atomic E-state index is 12.4. The van der Waals surface area contributed by atoms with E-state index in [4.69, 9.17) is 0 Å². The lowest BCUT2D eigenvalue weighted by molar-refractivity contribution is 0.522. The van der Waals surface area contributed by atoms with Crippen LogP contribution in [0.5, 0.6) is 0 Å². The Morgan fingerprint density at radius 3 is 2.50 bits per heavy atom. The number of nitrogens with one attached hydrogen (secondary N) is 2. The van der Waals surface area contributed by atoms with Crippen LogP contribution in [-0.2, 0) is 10.0 Å². The van der Waals surface area contributed by atoms with E-state index in [1.165, 1.54) is 6.20 Å². The molecule has 114 valence electrons. The quantitative estimate of drug-likeness (QED) is 0.770. The molecule has 20 heavy (non-hydrogen) atoms. The summed E-state index contributed by atoms with van der Waals surface area (Å²) in [4.78, 5) is 4.09. The van der Waals surface area contributed by atoms with E-state index < -0.39 is 10.0 Å². The van der Waals surface area contributed by atoms with Gasteiger partial charge in [-0.25, -0.2) is 13.1 Å². The van der Waals surface area contributed by atoms with E-state index in [0.717, 1.165) is 12.8 Å². The molecule has 0 fully saturated rings. The second kappa shape index (κ2) is 7.28. The van der Waals surface area contributed by atoms with E-state index in [0.29, 0.717) is 12.2 Å². The van der Waals surface area contributed by atoms with E-state index >= 15 is 0 Å². The Balaban J connectivity index is 2.96. The van der Waals surface area contributed by atoms with Gasteiger partial charge >= 0.3 is 0 Å². The topological polar surface area (TPSA) is 71.1 Å². The fourth-order valence-electron chi connectivity index (χ4n) is 1.97. The lowest BCUT2D eigenvalue weighted by atomic mass is 10.0. The molecule has 0 bridgehead atoms. The Hall–Kier alpha value is -0.790. The van der Waals surface area contributed by atoms with Gasteiger partial charge in [0.25, 0.3) is 0 Å². The summed E-state index contributed by atoms with van der Waals surface area (Å²) in [6, 6.07) is 1.65. The second-order valence-corrected chi connectivity index (χ2v) is 7.55. The Morgan fingerprint density at radius 1 is 1.35 bits per heavy atom. The third-order valence-electron chi connectivity index (χ3n) is 3.65. The summed E-state index contributed by atoms with van der Waals surface area (Å²) < 4.78 is 27.5. The molecule has 2 N–H and O–H groups in total. The zero-order valence-electron chi connectivity index (χ0n) is 12.4. The monoisotopic (exact) mass is 317 g/mol. The van der Waals surface area contributed by atoms with Crippen LogP contribution in [0.3, 0.4) is 0 Å². The van der Waals surface area contributed by atoms with Gasteiger partial charge in [-0.15, -0.1) is 0 Å². The zero-order chi connectivity index (χ0) is 15.2. The van der Waals surface area contributed by atoms with E-state index in [9.17, 15) is 8.42 Å². The minimum atomic E-state index is -3.55. The van der Waals surface area contributed by atoms with Crippen molar-refractivity contribution in [1.82, 2.24) is 9.71 Å². The summed E-state index contributed by atoms with van der Waals surface area (Å²) in [6.45, 7) is 4.58. The van der Waals surface area contributed by atoms with E-state index in [2.05, 4.69) is 28.9 Å². The molecular formula is C13H23N3O2S2. The number of thioether (sulfide) groups is 1. The number of hydrogen-bond donors (Lipinski definition) is 2. The Labute approximate surface area is 126 Å². The number of aromatic nitrogens is 1. The second-order valence-electron chi connectivity index (χ2n) is 4.54. The van der Waals surface area contributed by atoms with Gasteiger partial charge in [0.15, 0.2) is 0 Å². The van der Waals surface area contributed by atoms with Crippen LogP contribution in [0.1, 0.15) is 26.7 Å². The molecule has 0 aromatic carbocycles. The molecule has 0 atom stereocenters. The van der Waals surface area contributed by atoms with Gasteiger partial charge in [-0.2, -0.15) is 11.8 Å². The summed E-state index contributed by atoms with van der Waals surface area (Å²) in [6.07, 6.45) is 6.78. The molecule has 5 nitrogen and oxygen atoms in total. The molecule has 0 unspecified atom stereocenters. The average Bonchev–Trinajstić information content (AvgIpc) is 2.49. The normalized spacial score (nSPS) is 12.4. The molecule has 0 spiro atoms. The highest BCUT2D eigenvalue weighted by Crippen LogP contribution is 2.30. The van der Waals surface area contributed by atoms with Crippen molar-refractivity contribution in [1.29, 1.82) is 0 Å². The zero-order valence-corrected chi connectivity index (χ0v) is 14.1. The molecule has 1 heterocycles. The highest BCUT2D eigenvalue weighted by atomic mass is 32.2. The van der Waals surface area contributed by atoms with Gasteiger partial charge in [-0.1, -0.05) is 13.8 Å². The molecule has 1 aromatic rings. The number of hydrogen-bond acceptors (Lipinski definition) is 5. The molecule has 1 aromatic heterocycles. The lowest BCUT2D eigenvalue weighted by Gasteiger charge is -2.29. The van der Waals surface area contributed by atoms with Crippen LogP contribution >= 0.6 is 11.8 Å². The van der Waals surface area contributed by atoms with Gasteiger partial charge in [0.2, 0.25) is 10.0 Å². The first kappa shape index (κ1) is 17.3. The summed E-state index contributed by atoms with van der Waals surface area (Å²) >= 11 is 1.71. The van der Waals surface area contributed by atoms with E-state index in [1.54, 1.807) is 31.1 Å².